The fourth-order valence-corrected chi connectivity index (χ4v) is 2.76. The van der Waals surface area contributed by atoms with Crippen molar-refractivity contribution >= 4 is 11.9 Å². The molecule has 6 nitrogen and oxygen atoms in total. The van der Waals surface area contributed by atoms with E-state index in [4.69, 9.17) is 9.15 Å². The molecule has 0 aliphatic carbocycles. The van der Waals surface area contributed by atoms with E-state index >= 15 is 0 Å². The van der Waals surface area contributed by atoms with Crippen LogP contribution in [0.25, 0.3) is 11.3 Å². The fourth-order valence-electron chi connectivity index (χ4n) is 2.76. The van der Waals surface area contributed by atoms with Gasteiger partial charge in [-0.05, 0) is 25.5 Å². The summed E-state index contributed by atoms with van der Waals surface area (Å²) in [4.78, 5) is 28.9. The molecule has 6 heteroatoms. The number of carbonyl (C=O) groups excluding carboxylic acids is 2. The van der Waals surface area contributed by atoms with Gasteiger partial charge in [-0.1, -0.05) is 48.5 Å². The number of benzene rings is 2. The van der Waals surface area contributed by atoms with Crippen molar-refractivity contribution in [2.24, 2.45) is 0 Å². The van der Waals surface area contributed by atoms with Gasteiger partial charge < -0.3 is 14.5 Å². The maximum absolute atomic E-state index is 12.9. The number of ether oxygens (including phenoxy) is 1. The Labute approximate surface area is 157 Å². The Morgan fingerprint density at radius 1 is 1.11 bits per heavy atom. The molecule has 0 fully saturated rings. The number of nitrogens with one attached hydrogen (secondary N) is 1. The lowest BCUT2D eigenvalue weighted by Gasteiger charge is -2.15. The highest BCUT2D eigenvalue weighted by atomic mass is 16.5. The van der Waals surface area contributed by atoms with E-state index in [0.717, 1.165) is 5.56 Å². The molecule has 0 bridgehead atoms. The third-order valence-corrected chi connectivity index (χ3v) is 4.10. The highest BCUT2D eigenvalue weighted by Gasteiger charge is 2.24. The number of esters is 1. The summed E-state index contributed by atoms with van der Waals surface area (Å²) >= 11 is 0. The second-order valence-electron chi connectivity index (χ2n) is 5.90. The zero-order valence-corrected chi connectivity index (χ0v) is 15.1. The average molecular weight is 364 g/mol. The van der Waals surface area contributed by atoms with Crippen LogP contribution >= 0.6 is 0 Å². The van der Waals surface area contributed by atoms with Gasteiger partial charge in [-0.25, -0.2) is 9.78 Å². The molecule has 1 atom stereocenters. The molecule has 1 heterocycles. The highest BCUT2D eigenvalue weighted by molar-refractivity contribution is 6.03. The van der Waals surface area contributed by atoms with Crippen molar-refractivity contribution in [1.29, 1.82) is 0 Å². The zero-order chi connectivity index (χ0) is 19.2. The predicted molar refractivity (Wildman–Crippen MR) is 100 cm³/mol. The minimum atomic E-state index is -0.589. The summed E-state index contributed by atoms with van der Waals surface area (Å²) in [5.74, 6) is -0.645. The molecule has 0 radical (unpaired) electrons. The monoisotopic (exact) mass is 364 g/mol. The molecule has 1 amide bonds. The Morgan fingerprint density at radius 2 is 1.81 bits per heavy atom. The number of hydrogen-bond donors (Lipinski definition) is 1. The first-order valence-corrected chi connectivity index (χ1v) is 8.67. The van der Waals surface area contributed by atoms with Crippen molar-refractivity contribution < 1.29 is 18.7 Å². The average Bonchev–Trinajstić information content (AvgIpc) is 3.18. The van der Waals surface area contributed by atoms with Crippen LogP contribution in [0.3, 0.4) is 0 Å². The molecule has 0 spiro atoms. The molecule has 0 saturated carbocycles. The quantitative estimate of drug-likeness (QED) is 0.668. The molecule has 0 aliphatic heterocycles. The molecule has 3 aromatic rings. The minimum absolute atomic E-state index is 0.0493. The normalized spacial score (nSPS) is 11.6. The van der Waals surface area contributed by atoms with E-state index in [2.05, 4.69) is 10.3 Å². The molecular formula is C21H20N2O4. The van der Waals surface area contributed by atoms with Crippen LogP contribution in [0.5, 0.6) is 0 Å². The number of carbonyl (C=O) groups is 2. The molecule has 0 saturated heterocycles. The predicted octanol–water partition coefficient (Wildman–Crippen LogP) is 4.01. The third kappa shape index (κ3) is 4.06. The number of rotatable bonds is 6. The van der Waals surface area contributed by atoms with E-state index in [9.17, 15) is 9.59 Å². The van der Waals surface area contributed by atoms with Gasteiger partial charge in [-0.3, -0.25) is 4.79 Å². The largest absolute Gasteiger partial charge is 0.461 e. The molecular weight excluding hydrogens is 344 g/mol. The van der Waals surface area contributed by atoms with Gasteiger partial charge in [-0.15, -0.1) is 0 Å². The van der Waals surface area contributed by atoms with E-state index in [1.165, 1.54) is 6.39 Å². The number of hydrogen-bond acceptors (Lipinski definition) is 5. The number of nitrogens with zero attached hydrogens (tertiary/aromatic N) is 1. The molecule has 138 valence electrons. The van der Waals surface area contributed by atoms with Crippen molar-refractivity contribution in [3.8, 4) is 11.3 Å². The molecule has 2 aromatic carbocycles. The Morgan fingerprint density at radius 3 is 2.56 bits per heavy atom. The van der Waals surface area contributed by atoms with Crippen molar-refractivity contribution in [1.82, 2.24) is 10.3 Å². The lowest BCUT2D eigenvalue weighted by atomic mass is 10.0. The number of aromatic nitrogens is 1. The lowest BCUT2D eigenvalue weighted by molar-refractivity contribution is 0.0520. The van der Waals surface area contributed by atoms with Crippen LogP contribution in [0, 0.1) is 0 Å². The van der Waals surface area contributed by atoms with E-state index in [0.29, 0.717) is 11.1 Å². The van der Waals surface area contributed by atoms with Gasteiger partial charge in [0.25, 0.3) is 5.91 Å². The Balaban J connectivity index is 1.90. The first kappa shape index (κ1) is 18.4. The summed E-state index contributed by atoms with van der Waals surface area (Å²) in [6.45, 7) is 3.85. The summed E-state index contributed by atoms with van der Waals surface area (Å²) in [7, 11) is 0. The van der Waals surface area contributed by atoms with Gasteiger partial charge in [0.05, 0.1) is 18.2 Å². The van der Waals surface area contributed by atoms with Crippen molar-refractivity contribution in [2.45, 2.75) is 19.9 Å². The summed E-state index contributed by atoms with van der Waals surface area (Å²) in [6, 6.07) is 16.4. The summed E-state index contributed by atoms with van der Waals surface area (Å²) in [6.07, 6.45) is 1.17. The van der Waals surface area contributed by atoms with Crippen LogP contribution in [0.2, 0.25) is 0 Å². The molecule has 3 rings (SSSR count). The standard InChI is InChI=1S/C21H20N2O4/c1-3-26-21(25)18-19(27-13-22-18)16-11-7-8-12-17(16)20(24)23-14(2)15-9-5-4-6-10-15/h4-14H,3H2,1-2H3,(H,23,24)/t14-/m1/s1. The highest BCUT2D eigenvalue weighted by Crippen LogP contribution is 2.28. The first-order chi connectivity index (χ1) is 13.1. The Hall–Kier alpha value is -3.41. The summed E-state index contributed by atoms with van der Waals surface area (Å²) in [5.41, 5.74) is 1.92. The van der Waals surface area contributed by atoms with E-state index in [1.54, 1.807) is 31.2 Å². The van der Waals surface area contributed by atoms with Gasteiger partial charge in [0, 0.05) is 5.56 Å². The van der Waals surface area contributed by atoms with Crippen molar-refractivity contribution in [3.05, 3.63) is 77.8 Å². The summed E-state index contributed by atoms with van der Waals surface area (Å²) in [5, 5.41) is 2.97. The maximum atomic E-state index is 12.9. The Bertz CT molecular complexity index is 934. The Kier molecular flexibility index (Phi) is 5.66. The molecule has 1 N–H and O–H groups in total. The first-order valence-electron chi connectivity index (χ1n) is 8.67. The maximum Gasteiger partial charge on any atom is 0.360 e. The molecule has 27 heavy (non-hydrogen) atoms. The zero-order valence-electron chi connectivity index (χ0n) is 15.1. The van der Waals surface area contributed by atoms with E-state index < -0.39 is 5.97 Å². The van der Waals surface area contributed by atoms with Crippen LogP contribution in [0.1, 0.15) is 46.3 Å². The van der Waals surface area contributed by atoms with Crippen LogP contribution in [-0.4, -0.2) is 23.5 Å². The van der Waals surface area contributed by atoms with Crippen LogP contribution < -0.4 is 5.32 Å². The summed E-state index contributed by atoms with van der Waals surface area (Å²) < 4.78 is 10.4. The second kappa shape index (κ2) is 8.31. The van der Waals surface area contributed by atoms with Gasteiger partial charge >= 0.3 is 5.97 Å². The second-order valence-corrected chi connectivity index (χ2v) is 5.90. The topological polar surface area (TPSA) is 81.4 Å². The third-order valence-electron chi connectivity index (χ3n) is 4.10. The fraction of sp³-hybridized carbons (Fsp3) is 0.190. The van der Waals surface area contributed by atoms with Gasteiger partial charge in [0.1, 0.15) is 0 Å². The van der Waals surface area contributed by atoms with Crippen LogP contribution in [-0.2, 0) is 4.74 Å². The van der Waals surface area contributed by atoms with E-state index in [-0.39, 0.29) is 30.0 Å². The molecule has 0 aliphatic rings. The number of amides is 1. The minimum Gasteiger partial charge on any atom is -0.461 e. The molecule has 1 aromatic heterocycles. The van der Waals surface area contributed by atoms with Crippen LogP contribution in [0.15, 0.2) is 65.4 Å². The van der Waals surface area contributed by atoms with Gasteiger partial charge in [0.2, 0.25) is 0 Å². The molecule has 0 unspecified atom stereocenters. The van der Waals surface area contributed by atoms with Gasteiger partial charge in [0.15, 0.2) is 17.8 Å². The van der Waals surface area contributed by atoms with Crippen molar-refractivity contribution in [3.63, 3.8) is 0 Å². The lowest BCUT2D eigenvalue weighted by Crippen LogP contribution is -2.27. The van der Waals surface area contributed by atoms with Crippen LogP contribution in [0.4, 0.5) is 0 Å². The smallest absolute Gasteiger partial charge is 0.360 e. The number of oxazole rings is 1. The van der Waals surface area contributed by atoms with Gasteiger partial charge in [-0.2, -0.15) is 0 Å². The SMILES string of the molecule is CCOC(=O)c1ncoc1-c1ccccc1C(=O)N[C@H](C)c1ccccc1. The van der Waals surface area contributed by atoms with Crippen molar-refractivity contribution in [2.75, 3.05) is 6.61 Å². The van der Waals surface area contributed by atoms with E-state index in [1.807, 2.05) is 37.3 Å².